The summed E-state index contributed by atoms with van der Waals surface area (Å²) in [7, 11) is 0. The van der Waals surface area contributed by atoms with Crippen LogP contribution in [0.3, 0.4) is 0 Å². The van der Waals surface area contributed by atoms with Crippen molar-refractivity contribution in [2.45, 2.75) is 18.6 Å². The third-order valence-corrected chi connectivity index (χ3v) is 6.36. The number of fused-ring (bicyclic) bond motifs is 1. The molecule has 5 rings (SSSR count). The molecule has 3 aromatic rings. The van der Waals surface area contributed by atoms with Crippen molar-refractivity contribution in [1.29, 1.82) is 0 Å². The Kier molecular flexibility index (Phi) is 5.44. The van der Waals surface area contributed by atoms with Crippen molar-refractivity contribution in [3.63, 3.8) is 0 Å². The van der Waals surface area contributed by atoms with Crippen LogP contribution in [0.1, 0.15) is 11.3 Å². The monoisotopic (exact) mass is 458 g/mol. The molecular weight excluding hydrogens is 436 g/mol. The van der Waals surface area contributed by atoms with Crippen LogP contribution in [0.15, 0.2) is 59.7 Å². The lowest BCUT2D eigenvalue weighted by Gasteiger charge is -2.44. The van der Waals surface area contributed by atoms with Gasteiger partial charge in [-0.1, -0.05) is 6.07 Å². The summed E-state index contributed by atoms with van der Waals surface area (Å²) in [5, 5.41) is 0. The Morgan fingerprint density at radius 3 is 2.52 bits per heavy atom. The van der Waals surface area contributed by atoms with Crippen LogP contribution in [-0.2, 0) is 12.6 Å². The van der Waals surface area contributed by atoms with Crippen LogP contribution in [0.5, 0.6) is 0 Å². The van der Waals surface area contributed by atoms with Crippen LogP contribution in [0.25, 0.3) is 16.8 Å². The lowest BCUT2D eigenvalue weighted by molar-refractivity contribution is -0.141. The number of aromatic nitrogens is 2. The summed E-state index contributed by atoms with van der Waals surface area (Å²) in [6.45, 7) is 2.80. The molecule has 1 aromatic carbocycles. The lowest BCUT2D eigenvalue weighted by Crippen LogP contribution is -2.59. The molecule has 2 aromatic heterocycles. The molecule has 0 aliphatic carbocycles. The van der Waals surface area contributed by atoms with Crippen molar-refractivity contribution >= 4 is 5.69 Å². The number of pyridine rings is 2. The fourth-order valence-corrected chi connectivity index (χ4v) is 4.59. The van der Waals surface area contributed by atoms with E-state index < -0.39 is 11.9 Å². The van der Waals surface area contributed by atoms with E-state index in [4.69, 9.17) is 0 Å². The summed E-state index contributed by atoms with van der Waals surface area (Å²) in [5.74, 6) is 0. The zero-order chi connectivity index (χ0) is 23.2. The molecule has 1 saturated heterocycles. The Morgan fingerprint density at radius 1 is 1.03 bits per heavy atom. The molecule has 0 saturated carbocycles. The van der Waals surface area contributed by atoms with E-state index in [1.807, 2.05) is 18.2 Å². The minimum Gasteiger partial charge on any atom is -0.365 e. The number of nitrogens with zero attached hydrogens (tertiary/aromatic N) is 4. The molecule has 0 amide bonds. The normalized spacial score (nSPS) is 16.7. The molecule has 5 nitrogen and oxygen atoms in total. The molecule has 1 fully saturated rings. The molecule has 4 heterocycles. The van der Waals surface area contributed by atoms with Gasteiger partial charge >= 0.3 is 6.18 Å². The van der Waals surface area contributed by atoms with Gasteiger partial charge in [0, 0.05) is 61.6 Å². The van der Waals surface area contributed by atoms with Gasteiger partial charge in [0.15, 0.2) is 0 Å². The maximum absolute atomic E-state index is 12.8. The van der Waals surface area contributed by atoms with E-state index in [9.17, 15) is 22.4 Å². The van der Waals surface area contributed by atoms with Crippen molar-refractivity contribution in [1.82, 2.24) is 14.5 Å². The number of hydrogen-bond acceptors (Lipinski definition) is 4. The summed E-state index contributed by atoms with van der Waals surface area (Å²) >= 11 is 0. The Hall–Kier alpha value is -3.20. The van der Waals surface area contributed by atoms with Gasteiger partial charge in [0.1, 0.15) is 12.4 Å². The van der Waals surface area contributed by atoms with Crippen LogP contribution >= 0.6 is 0 Å². The topological polar surface area (TPSA) is 41.4 Å². The molecule has 0 N–H and O–H groups in total. The van der Waals surface area contributed by atoms with Crippen molar-refractivity contribution in [3.05, 3.63) is 76.5 Å². The molecule has 0 atom stereocenters. The Morgan fingerprint density at radius 2 is 1.85 bits per heavy atom. The predicted molar refractivity (Wildman–Crippen MR) is 118 cm³/mol. The molecule has 0 unspecified atom stereocenters. The van der Waals surface area contributed by atoms with E-state index in [1.54, 1.807) is 12.3 Å². The van der Waals surface area contributed by atoms with Crippen molar-refractivity contribution in [2.24, 2.45) is 0 Å². The third-order valence-electron chi connectivity index (χ3n) is 6.36. The van der Waals surface area contributed by atoms with Crippen molar-refractivity contribution < 1.29 is 17.6 Å². The zero-order valence-corrected chi connectivity index (χ0v) is 17.7. The molecule has 0 spiro atoms. The largest absolute Gasteiger partial charge is 0.433 e. The van der Waals surface area contributed by atoms with Gasteiger partial charge < -0.3 is 4.90 Å². The molecule has 0 radical (unpaired) electrons. The van der Waals surface area contributed by atoms with E-state index in [0.29, 0.717) is 23.7 Å². The maximum Gasteiger partial charge on any atom is 0.433 e. The number of hydrogen-bond donors (Lipinski definition) is 0. The van der Waals surface area contributed by atoms with Gasteiger partial charge in [-0.15, -0.1) is 0 Å². The second-order valence-corrected chi connectivity index (χ2v) is 8.41. The van der Waals surface area contributed by atoms with Gasteiger partial charge in [-0.25, -0.2) is 4.39 Å². The first-order valence-corrected chi connectivity index (χ1v) is 10.8. The van der Waals surface area contributed by atoms with Gasteiger partial charge in [0.05, 0.1) is 6.04 Å². The molecule has 172 valence electrons. The summed E-state index contributed by atoms with van der Waals surface area (Å²) in [5.41, 5.74) is 2.77. The first-order valence-electron chi connectivity index (χ1n) is 10.8. The first kappa shape index (κ1) is 21.6. The molecular formula is C24H22F4N4O. The predicted octanol–water partition coefficient (Wildman–Crippen LogP) is 3.93. The number of rotatable bonds is 5. The lowest BCUT2D eigenvalue weighted by atomic mass is 10.1. The van der Waals surface area contributed by atoms with Crippen LogP contribution < -0.4 is 10.5 Å². The fraction of sp³-hybridized carbons (Fsp3) is 0.333. The highest BCUT2D eigenvalue weighted by atomic mass is 19.4. The SMILES string of the molecule is O=c1cc(-c2ccc(C(F)(F)F)nc2)ccn1-c1ccc2c(c1)CCN2C1CN(CCF)C1. The van der Waals surface area contributed by atoms with Gasteiger partial charge in [-0.3, -0.25) is 19.2 Å². The number of alkyl halides is 4. The average molecular weight is 458 g/mol. The third kappa shape index (κ3) is 4.13. The van der Waals surface area contributed by atoms with Gasteiger partial charge in [-0.2, -0.15) is 13.2 Å². The van der Waals surface area contributed by atoms with Crippen molar-refractivity contribution in [3.8, 4) is 16.8 Å². The standard InChI is InChI=1S/C24H22F4N4O/c25-7-10-30-14-20(15-30)31-8-6-17-11-19(2-3-21(17)31)32-9-5-16(12-23(32)33)18-1-4-22(29-13-18)24(26,27)28/h1-5,9,11-13,20H,6-8,10,14-15H2. The summed E-state index contributed by atoms with van der Waals surface area (Å²) in [4.78, 5) is 20.7. The quantitative estimate of drug-likeness (QED) is 0.544. The highest BCUT2D eigenvalue weighted by molar-refractivity contribution is 5.64. The smallest absolute Gasteiger partial charge is 0.365 e. The van der Waals surface area contributed by atoms with Crippen LogP contribution in [0, 0.1) is 0 Å². The average Bonchev–Trinajstić information content (AvgIpc) is 3.18. The summed E-state index contributed by atoms with van der Waals surface area (Å²) in [6.07, 6.45) is -0.865. The Labute approximate surface area is 187 Å². The number of anilines is 1. The van der Waals surface area contributed by atoms with E-state index in [0.717, 1.165) is 49.7 Å². The van der Waals surface area contributed by atoms with E-state index >= 15 is 0 Å². The first-order chi connectivity index (χ1) is 15.8. The van der Waals surface area contributed by atoms with Gasteiger partial charge in [-0.05, 0) is 47.9 Å². The molecule has 33 heavy (non-hydrogen) atoms. The van der Waals surface area contributed by atoms with E-state index in [2.05, 4.69) is 14.8 Å². The Bertz CT molecular complexity index is 1220. The number of benzene rings is 1. The molecule has 9 heteroatoms. The second kappa shape index (κ2) is 8.30. The minimum atomic E-state index is -4.50. The van der Waals surface area contributed by atoms with Crippen LogP contribution in [0.2, 0.25) is 0 Å². The minimum absolute atomic E-state index is 0.275. The van der Waals surface area contributed by atoms with Crippen LogP contribution in [0.4, 0.5) is 23.2 Å². The maximum atomic E-state index is 12.8. The van der Waals surface area contributed by atoms with Gasteiger partial charge in [0.2, 0.25) is 0 Å². The molecule has 0 bridgehead atoms. The number of likely N-dealkylation sites (tertiary alicyclic amines) is 1. The molecule has 2 aliphatic heterocycles. The highest BCUT2D eigenvalue weighted by Gasteiger charge is 2.35. The highest BCUT2D eigenvalue weighted by Crippen LogP contribution is 2.34. The van der Waals surface area contributed by atoms with Crippen LogP contribution in [-0.4, -0.2) is 53.3 Å². The Balaban J connectivity index is 1.35. The van der Waals surface area contributed by atoms with E-state index in [1.165, 1.54) is 22.3 Å². The summed E-state index contributed by atoms with van der Waals surface area (Å²) in [6, 6.07) is 11.6. The number of halogens is 4. The molecule has 2 aliphatic rings. The fourth-order valence-electron chi connectivity index (χ4n) is 4.59. The second-order valence-electron chi connectivity index (χ2n) is 8.41. The van der Waals surface area contributed by atoms with E-state index in [-0.39, 0.29) is 12.2 Å². The van der Waals surface area contributed by atoms with Gasteiger partial charge in [0.25, 0.3) is 5.56 Å². The summed E-state index contributed by atoms with van der Waals surface area (Å²) < 4.78 is 52.2. The zero-order valence-electron chi connectivity index (χ0n) is 17.7. The van der Waals surface area contributed by atoms with Crippen molar-refractivity contribution in [2.75, 3.05) is 37.8 Å².